The van der Waals surface area contributed by atoms with Crippen molar-refractivity contribution in [3.63, 3.8) is 0 Å². The zero-order chi connectivity index (χ0) is 16.4. The van der Waals surface area contributed by atoms with Crippen LogP contribution in [0.3, 0.4) is 0 Å². The SMILES string of the molecule is CCOC(=O)N1CCN(c2cc(Cl)c3ccc(Cl)nc3n2)CC1. The molecule has 0 radical (unpaired) electrons. The van der Waals surface area contributed by atoms with Crippen LogP contribution in [0.5, 0.6) is 0 Å². The first kappa shape index (κ1) is 16.1. The van der Waals surface area contributed by atoms with Gasteiger partial charge in [0.05, 0.1) is 11.6 Å². The Labute approximate surface area is 144 Å². The number of hydrogen-bond donors (Lipinski definition) is 0. The maximum Gasteiger partial charge on any atom is 0.409 e. The van der Waals surface area contributed by atoms with E-state index < -0.39 is 0 Å². The lowest BCUT2D eigenvalue weighted by molar-refractivity contribution is 0.105. The monoisotopic (exact) mass is 354 g/mol. The van der Waals surface area contributed by atoms with Gasteiger partial charge in [0.1, 0.15) is 11.0 Å². The van der Waals surface area contributed by atoms with Crippen molar-refractivity contribution < 1.29 is 9.53 Å². The lowest BCUT2D eigenvalue weighted by Crippen LogP contribution is -2.49. The van der Waals surface area contributed by atoms with Crippen molar-refractivity contribution in [1.82, 2.24) is 14.9 Å². The Kier molecular flexibility index (Phi) is 4.73. The average Bonchev–Trinajstić information content (AvgIpc) is 2.54. The zero-order valence-electron chi connectivity index (χ0n) is 12.6. The number of pyridine rings is 2. The molecule has 3 rings (SSSR count). The van der Waals surface area contributed by atoms with Crippen LogP contribution in [0.1, 0.15) is 6.92 Å². The highest BCUT2D eigenvalue weighted by molar-refractivity contribution is 6.35. The minimum absolute atomic E-state index is 0.273. The fourth-order valence-corrected chi connectivity index (χ4v) is 2.91. The van der Waals surface area contributed by atoms with Crippen LogP contribution in [0.2, 0.25) is 10.2 Å². The number of carbonyl (C=O) groups is 1. The topological polar surface area (TPSA) is 58.6 Å². The highest BCUT2D eigenvalue weighted by atomic mass is 35.5. The molecule has 0 atom stereocenters. The predicted molar refractivity (Wildman–Crippen MR) is 90.4 cm³/mol. The van der Waals surface area contributed by atoms with E-state index in [1.54, 1.807) is 17.9 Å². The second kappa shape index (κ2) is 6.76. The van der Waals surface area contributed by atoms with Gasteiger partial charge in [-0.3, -0.25) is 0 Å². The van der Waals surface area contributed by atoms with Gasteiger partial charge >= 0.3 is 6.09 Å². The Hall–Kier alpha value is -1.79. The first-order valence-corrected chi connectivity index (χ1v) is 8.13. The molecular weight excluding hydrogens is 339 g/mol. The number of hydrogen-bond acceptors (Lipinski definition) is 5. The molecule has 0 bridgehead atoms. The smallest absolute Gasteiger partial charge is 0.409 e. The number of rotatable bonds is 2. The largest absolute Gasteiger partial charge is 0.450 e. The molecule has 1 amide bonds. The average molecular weight is 355 g/mol. The number of anilines is 1. The van der Waals surface area contributed by atoms with Crippen LogP contribution >= 0.6 is 23.2 Å². The third-order valence-corrected chi connectivity index (χ3v) is 4.23. The van der Waals surface area contributed by atoms with E-state index in [0.29, 0.717) is 48.6 Å². The molecule has 0 aliphatic carbocycles. The van der Waals surface area contributed by atoms with E-state index in [4.69, 9.17) is 27.9 Å². The molecule has 0 spiro atoms. The predicted octanol–water partition coefficient (Wildman–Crippen LogP) is 3.22. The minimum atomic E-state index is -0.273. The number of piperazine rings is 1. The molecule has 3 heterocycles. The van der Waals surface area contributed by atoms with E-state index in [1.807, 2.05) is 12.1 Å². The molecule has 8 heteroatoms. The molecule has 1 aliphatic rings. The first-order valence-electron chi connectivity index (χ1n) is 7.38. The van der Waals surface area contributed by atoms with Crippen LogP contribution in [0.25, 0.3) is 11.0 Å². The molecule has 0 unspecified atom stereocenters. The van der Waals surface area contributed by atoms with Gasteiger partial charge < -0.3 is 14.5 Å². The fourth-order valence-electron chi connectivity index (χ4n) is 2.52. The third-order valence-electron chi connectivity index (χ3n) is 3.70. The lowest BCUT2D eigenvalue weighted by atomic mass is 10.2. The summed E-state index contributed by atoms with van der Waals surface area (Å²) in [6.07, 6.45) is -0.273. The summed E-state index contributed by atoms with van der Waals surface area (Å²) in [7, 11) is 0. The van der Waals surface area contributed by atoms with Gasteiger partial charge in [0.2, 0.25) is 0 Å². The normalized spacial score (nSPS) is 15.1. The second-order valence-corrected chi connectivity index (χ2v) is 5.93. The fraction of sp³-hybridized carbons (Fsp3) is 0.400. The zero-order valence-corrected chi connectivity index (χ0v) is 14.1. The van der Waals surface area contributed by atoms with Gasteiger partial charge in [0.15, 0.2) is 5.65 Å². The van der Waals surface area contributed by atoms with Crippen LogP contribution in [-0.2, 0) is 4.74 Å². The van der Waals surface area contributed by atoms with E-state index in [1.165, 1.54) is 0 Å². The Morgan fingerprint density at radius 2 is 1.96 bits per heavy atom. The Morgan fingerprint density at radius 1 is 1.22 bits per heavy atom. The van der Waals surface area contributed by atoms with Gasteiger partial charge in [-0.25, -0.2) is 14.8 Å². The first-order chi connectivity index (χ1) is 11.1. The Bertz CT molecular complexity index is 733. The summed E-state index contributed by atoms with van der Waals surface area (Å²) in [4.78, 5) is 24.3. The molecule has 0 N–H and O–H groups in total. The molecule has 1 aliphatic heterocycles. The summed E-state index contributed by atoms with van der Waals surface area (Å²) in [5.74, 6) is 0.737. The molecule has 6 nitrogen and oxygen atoms in total. The molecule has 1 saturated heterocycles. The quantitative estimate of drug-likeness (QED) is 0.775. The summed E-state index contributed by atoms with van der Waals surface area (Å²) < 4.78 is 5.02. The molecule has 23 heavy (non-hydrogen) atoms. The summed E-state index contributed by atoms with van der Waals surface area (Å²) in [6, 6.07) is 5.32. The second-order valence-electron chi connectivity index (χ2n) is 5.14. The maximum atomic E-state index is 11.7. The van der Waals surface area contributed by atoms with Crippen molar-refractivity contribution in [1.29, 1.82) is 0 Å². The van der Waals surface area contributed by atoms with E-state index in [9.17, 15) is 4.79 Å². The van der Waals surface area contributed by atoms with Crippen molar-refractivity contribution >= 4 is 46.1 Å². The van der Waals surface area contributed by atoms with Crippen LogP contribution in [0.15, 0.2) is 18.2 Å². The number of carbonyl (C=O) groups excluding carboxylic acids is 1. The standard InChI is InChI=1S/C15H16Cl2N4O2/c1-2-23-15(22)21-7-5-20(6-8-21)13-9-11(16)10-3-4-12(17)18-14(10)19-13/h3-4,9H,2,5-8H2,1H3. The summed E-state index contributed by atoms with van der Waals surface area (Å²) in [6.45, 7) is 4.67. The van der Waals surface area contributed by atoms with Gasteiger partial charge in [0.25, 0.3) is 0 Å². The number of halogens is 2. The number of amides is 1. The highest BCUT2D eigenvalue weighted by Crippen LogP contribution is 2.27. The minimum Gasteiger partial charge on any atom is -0.450 e. The van der Waals surface area contributed by atoms with Crippen LogP contribution in [-0.4, -0.2) is 53.7 Å². The van der Waals surface area contributed by atoms with E-state index >= 15 is 0 Å². The van der Waals surface area contributed by atoms with Crippen molar-refractivity contribution in [3.8, 4) is 0 Å². The number of nitrogens with zero attached hydrogens (tertiary/aromatic N) is 4. The van der Waals surface area contributed by atoms with Crippen molar-refractivity contribution in [2.24, 2.45) is 0 Å². The Morgan fingerprint density at radius 3 is 2.65 bits per heavy atom. The van der Waals surface area contributed by atoms with Crippen LogP contribution in [0, 0.1) is 0 Å². The summed E-state index contributed by atoms with van der Waals surface area (Å²) in [5.41, 5.74) is 0.521. The molecular formula is C15H16Cl2N4O2. The van der Waals surface area contributed by atoms with Gasteiger partial charge in [-0.2, -0.15) is 0 Å². The van der Waals surface area contributed by atoms with Crippen molar-refractivity contribution in [3.05, 3.63) is 28.4 Å². The van der Waals surface area contributed by atoms with Gasteiger partial charge in [0, 0.05) is 37.6 Å². The third kappa shape index (κ3) is 3.43. The maximum absolute atomic E-state index is 11.7. The van der Waals surface area contributed by atoms with E-state index in [0.717, 1.165) is 11.2 Å². The van der Waals surface area contributed by atoms with Gasteiger partial charge in [-0.15, -0.1) is 0 Å². The highest BCUT2D eigenvalue weighted by Gasteiger charge is 2.23. The summed E-state index contributed by atoms with van der Waals surface area (Å²) in [5, 5.41) is 1.73. The lowest BCUT2D eigenvalue weighted by Gasteiger charge is -2.34. The van der Waals surface area contributed by atoms with E-state index in [-0.39, 0.29) is 6.09 Å². The molecule has 122 valence electrons. The summed E-state index contributed by atoms with van der Waals surface area (Å²) >= 11 is 12.2. The molecule has 2 aromatic rings. The molecule has 1 fully saturated rings. The van der Waals surface area contributed by atoms with E-state index in [2.05, 4.69) is 14.9 Å². The number of aromatic nitrogens is 2. The number of ether oxygens (including phenoxy) is 1. The van der Waals surface area contributed by atoms with Crippen molar-refractivity contribution in [2.75, 3.05) is 37.7 Å². The molecule has 0 saturated carbocycles. The molecule has 0 aromatic carbocycles. The van der Waals surface area contributed by atoms with Gasteiger partial charge in [-0.1, -0.05) is 23.2 Å². The van der Waals surface area contributed by atoms with Crippen molar-refractivity contribution in [2.45, 2.75) is 6.92 Å². The molecule has 2 aromatic heterocycles. The Balaban J connectivity index is 1.78. The van der Waals surface area contributed by atoms with Crippen LogP contribution < -0.4 is 4.90 Å². The van der Waals surface area contributed by atoms with Crippen LogP contribution in [0.4, 0.5) is 10.6 Å². The number of fused-ring (bicyclic) bond motifs is 1. The van der Waals surface area contributed by atoms with Gasteiger partial charge in [-0.05, 0) is 19.1 Å².